The average Bonchev–Trinajstić information content (AvgIpc) is 2.66. The van der Waals surface area contributed by atoms with Crippen LogP contribution in [0.5, 0.6) is 0 Å². The normalized spacial score (nSPS) is 11.0. The number of para-hydroxylation sites is 1. The Labute approximate surface area is 167 Å². The van der Waals surface area contributed by atoms with Crippen molar-refractivity contribution in [3.8, 4) is 0 Å². The number of halogens is 2. The lowest BCUT2D eigenvalue weighted by Crippen LogP contribution is -2.15. The highest BCUT2D eigenvalue weighted by atomic mass is 35.5. The summed E-state index contributed by atoms with van der Waals surface area (Å²) in [6.07, 6.45) is 0. The van der Waals surface area contributed by atoms with E-state index in [0.717, 1.165) is 0 Å². The van der Waals surface area contributed by atoms with E-state index in [1.54, 1.807) is 54.6 Å². The smallest absolute Gasteiger partial charge is 0.262 e. The highest BCUT2D eigenvalue weighted by molar-refractivity contribution is 7.92. The molecule has 27 heavy (non-hydrogen) atoms. The predicted molar refractivity (Wildman–Crippen MR) is 108 cm³/mol. The van der Waals surface area contributed by atoms with Crippen LogP contribution in [0.1, 0.15) is 10.4 Å². The van der Waals surface area contributed by atoms with Crippen molar-refractivity contribution in [1.82, 2.24) is 0 Å². The molecule has 0 spiro atoms. The number of nitrogens with one attached hydrogen (secondary N) is 2. The number of sulfonamides is 1. The van der Waals surface area contributed by atoms with Crippen LogP contribution < -0.4 is 10.0 Å². The van der Waals surface area contributed by atoms with Crippen LogP contribution in [0, 0.1) is 0 Å². The van der Waals surface area contributed by atoms with E-state index in [9.17, 15) is 13.2 Å². The molecule has 1 amide bonds. The first kappa shape index (κ1) is 19.2. The molecule has 3 aromatic carbocycles. The number of hydrogen-bond acceptors (Lipinski definition) is 3. The monoisotopic (exact) mass is 420 g/mol. The summed E-state index contributed by atoms with van der Waals surface area (Å²) in [6, 6.07) is 19.1. The summed E-state index contributed by atoms with van der Waals surface area (Å²) in [5.74, 6) is -0.397. The maximum atomic E-state index is 12.6. The molecule has 138 valence electrons. The number of carbonyl (C=O) groups is 1. The van der Waals surface area contributed by atoms with Gasteiger partial charge in [-0.3, -0.25) is 9.52 Å². The zero-order chi connectivity index (χ0) is 19.4. The molecule has 2 N–H and O–H groups in total. The van der Waals surface area contributed by atoms with Crippen LogP contribution >= 0.6 is 23.2 Å². The molecule has 0 aliphatic carbocycles. The standard InChI is InChI=1S/C19H14Cl2N2O3S/c20-15-8-4-5-9-17(15)23-27(25,26)14-10-11-16(21)18(12-14)22-19(24)13-6-2-1-3-7-13/h1-12,23H,(H,22,24). The van der Waals surface area contributed by atoms with Crippen molar-refractivity contribution in [2.45, 2.75) is 4.90 Å². The Balaban J connectivity index is 1.88. The molecule has 0 saturated carbocycles. The summed E-state index contributed by atoms with van der Waals surface area (Å²) in [6.45, 7) is 0. The second-order valence-corrected chi connectivity index (χ2v) is 8.04. The van der Waals surface area contributed by atoms with Gasteiger partial charge in [-0.2, -0.15) is 0 Å². The van der Waals surface area contributed by atoms with Gasteiger partial charge in [-0.1, -0.05) is 53.5 Å². The van der Waals surface area contributed by atoms with Crippen molar-refractivity contribution < 1.29 is 13.2 Å². The molecule has 0 unspecified atom stereocenters. The summed E-state index contributed by atoms with van der Waals surface area (Å²) in [4.78, 5) is 12.3. The van der Waals surface area contributed by atoms with Gasteiger partial charge in [0.15, 0.2) is 0 Å². The Morgan fingerprint density at radius 1 is 0.778 bits per heavy atom. The molecule has 0 aromatic heterocycles. The van der Waals surface area contributed by atoms with Gasteiger partial charge in [-0.05, 0) is 42.5 Å². The molecule has 0 bridgehead atoms. The molecule has 3 aromatic rings. The summed E-state index contributed by atoms with van der Waals surface area (Å²) >= 11 is 12.1. The highest BCUT2D eigenvalue weighted by Gasteiger charge is 2.18. The molecule has 0 fully saturated rings. The van der Waals surface area contributed by atoms with Crippen LogP contribution in [0.15, 0.2) is 77.7 Å². The molecule has 8 heteroatoms. The fourth-order valence-electron chi connectivity index (χ4n) is 2.30. The van der Waals surface area contributed by atoms with Crippen LogP contribution in [0.2, 0.25) is 10.0 Å². The number of anilines is 2. The largest absolute Gasteiger partial charge is 0.321 e. The molecular weight excluding hydrogens is 407 g/mol. The van der Waals surface area contributed by atoms with Crippen molar-refractivity contribution in [1.29, 1.82) is 0 Å². The second kappa shape index (κ2) is 8.00. The minimum atomic E-state index is -3.92. The third-order valence-corrected chi connectivity index (χ3v) is 5.67. The molecule has 0 radical (unpaired) electrons. The molecule has 5 nitrogen and oxygen atoms in total. The van der Waals surface area contributed by atoms with E-state index in [2.05, 4.69) is 10.0 Å². The number of rotatable bonds is 5. The zero-order valence-corrected chi connectivity index (χ0v) is 16.1. The van der Waals surface area contributed by atoms with E-state index in [1.807, 2.05) is 0 Å². The van der Waals surface area contributed by atoms with E-state index in [-0.39, 0.29) is 26.3 Å². The van der Waals surface area contributed by atoms with Gasteiger partial charge in [0.25, 0.3) is 15.9 Å². The van der Waals surface area contributed by atoms with E-state index in [4.69, 9.17) is 23.2 Å². The Hall–Kier alpha value is -2.54. The molecular formula is C19H14Cl2N2O3S. The first-order chi connectivity index (χ1) is 12.9. The van der Waals surface area contributed by atoms with E-state index < -0.39 is 15.9 Å². The van der Waals surface area contributed by atoms with Crippen LogP contribution in [0.3, 0.4) is 0 Å². The van der Waals surface area contributed by atoms with Gasteiger partial charge in [0.1, 0.15) is 0 Å². The third kappa shape index (κ3) is 4.60. The van der Waals surface area contributed by atoms with E-state index in [0.29, 0.717) is 5.56 Å². The lowest BCUT2D eigenvalue weighted by Gasteiger charge is -2.12. The van der Waals surface area contributed by atoms with Gasteiger partial charge < -0.3 is 5.32 Å². The molecule has 0 saturated heterocycles. The fraction of sp³-hybridized carbons (Fsp3) is 0. The third-order valence-electron chi connectivity index (χ3n) is 3.65. The van der Waals surface area contributed by atoms with Gasteiger partial charge in [0.05, 0.1) is 26.3 Å². The lowest BCUT2D eigenvalue weighted by molar-refractivity contribution is 0.102. The minimum Gasteiger partial charge on any atom is -0.321 e. The summed E-state index contributed by atoms with van der Waals surface area (Å²) in [7, 11) is -3.92. The molecule has 0 aliphatic heterocycles. The van der Waals surface area contributed by atoms with Gasteiger partial charge >= 0.3 is 0 Å². The van der Waals surface area contributed by atoms with E-state index in [1.165, 1.54) is 18.2 Å². The first-order valence-electron chi connectivity index (χ1n) is 7.80. The number of hydrogen-bond donors (Lipinski definition) is 2. The topological polar surface area (TPSA) is 75.3 Å². The summed E-state index contributed by atoms with van der Waals surface area (Å²) in [5.41, 5.74) is 0.868. The number of benzene rings is 3. The Bertz CT molecular complexity index is 1090. The number of amides is 1. The lowest BCUT2D eigenvalue weighted by atomic mass is 10.2. The van der Waals surface area contributed by atoms with Crippen LogP contribution in [-0.2, 0) is 10.0 Å². The quantitative estimate of drug-likeness (QED) is 0.606. The second-order valence-electron chi connectivity index (χ2n) is 5.55. The average molecular weight is 421 g/mol. The predicted octanol–water partition coefficient (Wildman–Crippen LogP) is 5.05. The van der Waals surface area contributed by atoms with Crippen LogP contribution in [-0.4, -0.2) is 14.3 Å². The first-order valence-corrected chi connectivity index (χ1v) is 10.0. The summed E-state index contributed by atoms with van der Waals surface area (Å²) in [5, 5.41) is 3.11. The molecule has 0 heterocycles. The van der Waals surface area contributed by atoms with Gasteiger partial charge in [-0.25, -0.2) is 8.42 Å². The maximum absolute atomic E-state index is 12.6. The zero-order valence-electron chi connectivity index (χ0n) is 13.8. The fourth-order valence-corrected chi connectivity index (χ4v) is 3.81. The summed E-state index contributed by atoms with van der Waals surface area (Å²) < 4.78 is 27.7. The Morgan fingerprint density at radius 3 is 2.11 bits per heavy atom. The van der Waals surface area contributed by atoms with Gasteiger partial charge in [-0.15, -0.1) is 0 Å². The van der Waals surface area contributed by atoms with Crippen molar-refractivity contribution in [3.63, 3.8) is 0 Å². The van der Waals surface area contributed by atoms with Gasteiger partial charge in [0, 0.05) is 5.56 Å². The van der Waals surface area contributed by atoms with Crippen molar-refractivity contribution in [3.05, 3.63) is 88.4 Å². The van der Waals surface area contributed by atoms with Crippen molar-refractivity contribution in [2.24, 2.45) is 0 Å². The van der Waals surface area contributed by atoms with Crippen LogP contribution in [0.25, 0.3) is 0 Å². The van der Waals surface area contributed by atoms with Crippen molar-refractivity contribution >= 4 is 50.5 Å². The Morgan fingerprint density at radius 2 is 1.41 bits per heavy atom. The number of carbonyl (C=O) groups excluding carboxylic acids is 1. The molecule has 0 atom stereocenters. The highest BCUT2D eigenvalue weighted by Crippen LogP contribution is 2.28. The Kier molecular flexibility index (Phi) is 5.70. The molecule has 0 aliphatic rings. The maximum Gasteiger partial charge on any atom is 0.262 e. The van der Waals surface area contributed by atoms with Gasteiger partial charge in [0.2, 0.25) is 0 Å². The van der Waals surface area contributed by atoms with Crippen molar-refractivity contribution in [2.75, 3.05) is 10.0 Å². The van der Waals surface area contributed by atoms with Crippen LogP contribution in [0.4, 0.5) is 11.4 Å². The molecule has 3 rings (SSSR count). The van der Waals surface area contributed by atoms with E-state index >= 15 is 0 Å². The minimum absolute atomic E-state index is 0.0600. The SMILES string of the molecule is O=C(Nc1cc(S(=O)(=O)Nc2ccccc2Cl)ccc1Cl)c1ccccc1.